The normalized spacial score (nSPS) is 16.0. The van der Waals surface area contributed by atoms with Crippen molar-refractivity contribution < 1.29 is 28.6 Å². The van der Waals surface area contributed by atoms with Crippen LogP contribution in [0.5, 0.6) is 0 Å². The van der Waals surface area contributed by atoms with Crippen molar-refractivity contribution in [2.45, 2.75) is 77.3 Å². The molecule has 0 radical (unpaired) electrons. The lowest BCUT2D eigenvalue weighted by Gasteiger charge is -2.35. The zero-order chi connectivity index (χ0) is 33.7. The van der Waals surface area contributed by atoms with Crippen LogP contribution in [0.2, 0.25) is 0 Å². The van der Waals surface area contributed by atoms with E-state index in [9.17, 15) is 19.5 Å². The molecule has 0 bridgehead atoms. The number of amides is 3. The molecular weight excluding hydrogens is 618 g/mol. The second-order valence-corrected chi connectivity index (χ2v) is 13.8. The van der Waals surface area contributed by atoms with Crippen molar-refractivity contribution in [3.05, 3.63) is 93.8 Å². The van der Waals surface area contributed by atoms with E-state index in [0.717, 1.165) is 16.3 Å². The minimum absolute atomic E-state index is 0.197. The van der Waals surface area contributed by atoms with E-state index in [1.165, 1.54) is 29.9 Å². The number of nitrogens with one attached hydrogen (secondary N) is 1. The minimum atomic E-state index is -1.10. The van der Waals surface area contributed by atoms with Gasteiger partial charge in [-0.25, -0.2) is 14.8 Å². The molecule has 3 amide bonds. The number of rotatable bonds is 10. The van der Waals surface area contributed by atoms with E-state index in [2.05, 4.69) is 15.3 Å². The second kappa shape index (κ2) is 14.5. The van der Waals surface area contributed by atoms with Gasteiger partial charge in [0.25, 0.3) is 11.8 Å². The van der Waals surface area contributed by atoms with Crippen molar-refractivity contribution in [2.24, 2.45) is 0 Å². The number of aromatic nitrogens is 2. The molecule has 4 aromatic rings. The summed E-state index contributed by atoms with van der Waals surface area (Å²) in [7, 11) is 1.68. The van der Waals surface area contributed by atoms with Gasteiger partial charge in [-0.15, -0.1) is 11.3 Å². The summed E-state index contributed by atoms with van der Waals surface area (Å²) in [4.78, 5) is 52.5. The molecule has 2 N–H and O–H groups in total. The summed E-state index contributed by atoms with van der Waals surface area (Å²) in [6.45, 7) is 8.05. The number of aliphatic hydroxyl groups excluding tert-OH is 1. The van der Waals surface area contributed by atoms with Crippen LogP contribution in [-0.4, -0.2) is 80.2 Å². The number of likely N-dealkylation sites (tertiary alicyclic amines) is 1. The Balaban J connectivity index is 1.43. The summed E-state index contributed by atoms with van der Waals surface area (Å²) < 4.78 is 11.1. The Morgan fingerprint density at radius 3 is 2.57 bits per heavy atom. The number of benzene rings is 2. The van der Waals surface area contributed by atoms with Crippen LogP contribution in [0, 0.1) is 6.92 Å². The van der Waals surface area contributed by atoms with E-state index in [-0.39, 0.29) is 22.9 Å². The van der Waals surface area contributed by atoms with E-state index in [0.29, 0.717) is 37.9 Å². The van der Waals surface area contributed by atoms with E-state index in [1.807, 2.05) is 42.6 Å². The first-order valence-electron chi connectivity index (χ1n) is 15.6. The van der Waals surface area contributed by atoms with Crippen molar-refractivity contribution >= 4 is 29.2 Å². The fraction of sp³-hybridized carbons (Fsp3) is 0.400. The Bertz CT molecular complexity index is 1680. The first-order chi connectivity index (χ1) is 22.4. The molecule has 0 spiro atoms. The van der Waals surface area contributed by atoms with Gasteiger partial charge in [0.05, 0.1) is 30.9 Å². The van der Waals surface area contributed by atoms with Gasteiger partial charge in [-0.3, -0.25) is 9.59 Å². The molecule has 2 aromatic carbocycles. The van der Waals surface area contributed by atoms with Crippen molar-refractivity contribution in [1.82, 2.24) is 25.1 Å². The molecule has 47 heavy (non-hydrogen) atoms. The van der Waals surface area contributed by atoms with Crippen LogP contribution < -0.4 is 5.32 Å². The van der Waals surface area contributed by atoms with Gasteiger partial charge >= 0.3 is 6.09 Å². The molecule has 12 heteroatoms. The number of thiazole rings is 1. The molecule has 1 saturated heterocycles. The smallest absolute Gasteiger partial charge is 0.410 e. The average molecular weight is 660 g/mol. The van der Waals surface area contributed by atoms with E-state index >= 15 is 0 Å². The summed E-state index contributed by atoms with van der Waals surface area (Å²) in [5, 5.41) is 17.5. The minimum Gasteiger partial charge on any atom is -0.445 e. The molecule has 1 fully saturated rings. The van der Waals surface area contributed by atoms with Crippen LogP contribution in [0.3, 0.4) is 0 Å². The molecule has 1 aliphatic rings. The standard InChI is InChI=1S/C35H41N5O6S/c1-22-21-47-29(37-22)20-39(5)33(43)26-18-24(17-25(19-26)32-36-13-15-45-32)31(42)38-27(16-23-10-7-6-8-11-23)30(41)28-12-9-14-40(28)34(44)46-35(2,3)4/h6-8,10-11,13,15,17-19,21,27-28,30,41H,9,12,14,16,20H2,1-5H3,(H,38,42). The maximum atomic E-state index is 14.0. The number of oxazole rings is 1. The predicted octanol–water partition coefficient (Wildman–Crippen LogP) is 5.48. The van der Waals surface area contributed by atoms with Gasteiger partial charge in [0.2, 0.25) is 5.89 Å². The summed E-state index contributed by atoms with van der Waals surface area (Å²) in [6.07, 6.45) is 2.89. The molecular formula is C35H41N5O6S. The molecule has 5 rings (SSSR count). The van der Waals surface area contributed by atoms with Crippen molar-refractivity contribution in [3.63, 3.8) is 0 Å². The quantitative estimate of drug-likeness (QED) is 0.228. The molecule has 248 valence electrons. The largest absolute Gasteiger partial charge is 0.445 e. The summed E-state index contributed by atoms with van der Waals surface area (Å²) in [6, 6.07) is 13.0. The fourth-order valence-corrected chi connectivity index (χ4v) is 6.51. The van der Waals surface area contributed by atoms with E-state index in [1.54, 1.807) is 49.8 Å². The van der Waals surface area contributed by atoms with Gasteiger partial charge in [-0.2, -0.15) is 0 Å². The number of nitrogens with zero attached hydrogens (tertiary/aromatic N) is 4. The maximum Gasteiger partial charge on any atom is 0.410 e. The van der Waals surface area contributed by atoms with Gasteiger partial charge in [-0.1, -0.05) is 30.3 Å². The number of hydrogen-bond donors (Lipinski definition) is 2. The number of ether oxygens (including phenoxy) is 1. The first-order valence-corrected chi connectivity index (χ1v) is 16.5. The van der Waals surface area contributed by atoms with Gasteiger partial charge < -0.3 is 29.4 Å². The second-order valence-electron chi connectivity index (χ2n) is 12.8. The zero-order valence-electron chi connectivity index (χ0n) is 27.3. The fourth-order valence-electron chi connectivity index (χ4n) is 5.68. The Morgan fingerprint density at radius 2 is 1.91 bits per heavy atom. The number of aryl methyl sites for hydroxylation is 1. The first kappa shape index (κ1) is 33.8. The Kier molecular flexibility index (Phi) is 10.4. The van der Waals surface area contributed by atoms with E-state index in [4.69, 9.17) is 9.15 Å². The predicted molar refractivity (Wildman–Crippen MR) is 178 cm³/mol. The number of hydrogen-bond acceptors (Lipinski definition) is 9. The highest BCUT2D eigenvalue weighted by molar-refractivity contribution is 7.09. The summed E-state index contributed by atoms with van der Waals surface area (Å²) >= 11 is 1.47. The molecule has 0 aliphatic carbocycles. The van der Waals surface area contributed by atoms with Crippen LogP contribution >= 0.6 is 11.3 Å². The highest BCUT2D eigenvalue weighted by Crippen LogP contribution is 2.27. The number of aliphatic hydroxyl groups is 1. The van der Waals surface area contributed by atoms with Crippen molar-refractivity contribution in [1.29, 1.82) is 0 Å². The van der Waals surface area contributed by atoms with E-state index < -0.39 is 35.8 Å². The van der Waals surface area contributed by atoms with Crippen LogP contribution in [0.4, 0.5) is 4.79 Å². The third-order valence-corrected chi connectivity index (χ3v) is 8.81. The van der Waals surface area contributed by atoms with Gasteiger partial charge in [0.15, 0.2) is 0 Å². The Hall–Kier alpha value is -4.55. The summed E-state index contributed by atoms with van der Waals surface area (Å²) in [5.41, 5.74) is 2.02. The Labute approximate surface area is 278 Å². The zero-order valence-corrected chi connectivity index (χ0v) is 28.1. The van der Waals surface area contributed by atoms with Crippen molar-refractivity contribution in [3.8, 4) is 11.5 Å². The summed E-state index contributed by atoms with van der Waals surface area (Å²) in [5.74, 6) is -0.542. The molecule has 3 heterocycles. The van der Waals surface area contributed by atoms with Crippen LogP contribution in [0.15, 0.2) is 70.8 Å². The molecule has 1 aliphatic heterocycles. The molecule has 3 unspecified atom stereocenters. The average Bonchev–Trinajstić information content (AvgIpc) is 3.82. The maximum absolute atomic E-state index is 14.0. The molecule has 0 saturated carbocycles. The lowest BCUT2D eigenvalue weighted by molar-refractivity contribution is -0.00161. The Morgan fingerprint density at radius 1 is 1.17 bits per heavy atom. The lowest BCUT2D eigenvalue weighted by Crippen LogP contribution is -2.54. The highest BCUT2D eigenvalue weighted by Gasteiger charge is 2.40. The van der Waals surface area contributed by atoms with Crippen LogP contribution in [-0.2, 0) is 17.7 Å². The molecule has 11 nitrogen and oxygen atoms in total. The lowest BCUT2D eigenvalue weighted by atomic mass is 9.94. The van der Waals surface area contributed by atoms with Crippen molar-refractivity contribution in [2.75, 3.05) is 13.6 Å². The topological polar surface area (TPSA) is 138 Å². The highest BCUT2D eigenvalue weighted by atomic mass is 32.1. The van der Waals surface area contributed by atoms with Gasteiger partial charge in [0.1, 0.15) is 16.9 Å². The van der Waals surface area contributed by atoms with Gasteiger partial charge in [-0.05, 0) is 70.7 Å². The monoisotopic (exact) mass is 659 g/mol. The molecule has 2 aromatic heterocycles. The molecule has 3 atom stereocenters. The van der Waals surface area contributed by atoms with Gasteiger partial charge in [0, 0.05) is 41.4 Å². The SMILES string of the molecule is Cc1csc(CN(C)C(=O)c2cc(C(=O)NC(Cc3ccccc3)C(O)C3CCCN3C(=O)OC(C)(C)C)cc(-c3ncco3)c2)n1. The number of carbonyl (C=O) groups excluding carboxylic acids is 3. The van der Waals surface area contributed by atoms with Crippen LogP contribution in [0.25, 0.3) is 11.5 Å². The third kappa shape index (κ3) is 8.63. The van der Waals surface area contributed by atoms with Crippen LogP contribution in [0.1, 0.15) is 70.6 Å². The third-order valence-electron chi connectivity index (χ3n) is 7.86. The number of carbonyl (C=O) groups is 3.